The summed E-state index contributed by atoms with van der Waals surface area (Å²) >= 11 is 5.31. The Balaban J connectivity index is 1.64. The Bertz CT molecular complexity index is 1190. The summed E-state index contributed by atoms with van der Waals surface area (Å²) in [5.41, 5.74) is 0.252. The number of carbonyl (C=O) groups is 2. The number of aromatic nitrogens is 3. The van der Waals surface area contributed by atoms with Crippen LogP contribution in [0.3, 0.4) is 0 Å². The number of ether oxygens (including phenoxy) is 1. The fourth-order valence-electron chi connectivity index (χ4n) is 3.32. The lowest BCUT2D eigenvalue weighted by Crippen LogP contribution is -2.38. The van der Waals surface area contributed by atoms with E-state index in [-0.39, 0.29) is 32.0 Å². The maximum atomic E-state index is 13.8. The van der Waals surface area contributed by atoms with E-state index in [4.69, 9.17) is 17.0 Å². The fourth-order valence-corrected chi connectivity index (χ4v) is 3.55. The lowest BCUT2D eigenvalue weighted by molar-refractivity contribution is -0.134. The number of amides is 2. The van der Waals surface area contributed by atoms with Crippen LogP contribution in [0.1, 0.15) is 20.3 Å². The second-order valence-corrected chi connectivity index (χ2v) is 7.65. The normalized spacial score (nSPS) is 10.7. The van der Waals surface area contributed by atoms with Gasteiger partial charge >= 0.3 is 0 Å². The van der Waals surface area contributed by atoms with E-state index < -0.39 is 23.2 Å². The summed E-state index contributed by atoms with van der Waals surface area (Å²) in [5.74, 6) is -1.50. The van der Waals surface area contributed by atoms with Crippen LogP contribution in [0.25, 0.3) is 11.4 Å². The van der Waals surface area contributed by atoms with Gasteiger partial charge in [-0.05, 0) is 62.5 Å². The molecule has 11 heteroatoms. The molecule has 2 aromatic carbocycles. The average molecular weight is 490 g/mol. The first kappa shape index (κ1) is 25.0. The van der Waals surface area contributed by atoms with Gasteiger partial charge in [0.05, 0.1) is 13.2 Å². The van der Waals surface area contributed by atoms with Crippen molar-refractivity contribution < 1.29 is 23.1 Å². The van der Waals surface area contributed by atoms with Crippen molar-refractivity contribution in [2.45, 2.75) is 26.8 Å². The van der Waals surface area contributed by atoms with Crippen LogP contribution in [-0.4, -0.2) is 51.2 Å². The molecule has 0 bridgehead atoms. The molecule has 0 saturated heterocycles. The van der Waals surface area contributed by atoms with E-state index in [1.807, 2.05) is 31.2 Å². The van der Waals surface area contributed by atoms with Crippen molar-refractivity contribution in [2.24, 2.45) is 0 Å². The quantitative estimate of drug-likeness (QED) is 0.417. The maximum Gasteiger partial charge on any atom is 0.244 e. The Labute approximate surface area is 200 Å². The highest BCUT2D eigenvalue weighted by Gasteiger charge is 2.19. The van der Waals surface area contributed by atoms with Gasteiger partial charge in [-0.1, -0.05) is 6.07 Å². The molecule has 2 N–H and O–H groups in total. The van der Waals surface area contributed by atoms with E-state index >= 15 is 0 Å². The molecule has 0 aliphatic rings. The minimum atomic E-state index is -0.890. The maximum absolute atomic E-state index is 13.8. The molecular weight excluding hydrogens is 464 g/mol. The van der Waals surface area contributed by atoms with Gasteiger partial charge < -0.3 is 15.0 Å². The lowest BCUT2D eigenvalue weighted by Gasteiger charge is -2.21. The molecule has 8 nitrogen and oxygen atoms in total. The molecule has 0 aliphatic carbocycles. The van der Waals surface area contributed by atoms with Gasteiger partial charge in [-0.25, -0.2) is 8.78 Å². The van der Waals surface area contributed by atoms with Gasteiger partial charge in [0.15, 0.2) is 10.6 Å². The van der Waals surface area contributed by atoms with Crippen molar-refractivity contribution in [3.63, 3.8) is 0 Å². The van der Waals surface area contributed by atoms with Crippen LogP contribution in [0.4, 0.5) is 14.5 Å². The molecule has 0 unspecified atom stereocenters. The van der Waals surface area contributed by atoms with Crippen molar-refractivity contribution >= 4 is 29.7 Å². The largest absolute Gasteiger partial charge is 0.494 e. The van der Waals surface area contributed by atoms with E-state index in [0.29, 0.717) is 17.2 Å². The smallest absolute Gasteiger partial charge is 0.244 e. The fraction of sp³-hybridized carbons (Fsp3) is 0.304. The van der Waals surface area contributed by atoms with Gasteiger partial charge in [0, 0.05) is 25.1 Å². The summed E-state index contributed by atoms with van der Waals surface area (Å²) in [5, 5.41) is 9.19. The number of anilines is 1. The summed E-state index contributed by atoms with van der Waals surface area (Å²) < 4.78 is 35.1. The second kappa shape index (κ2) is 11.5. The molecule has 0 fully saturated rings. The molecule has 0 aliphatic heterocycles. The number of benzene rings is 2. The highest BCUT2D eigenvalue weighted by molar-refractivity contribution is 7.71. The molecular formula is C23H25F2N5O3S. The summed E-state index contributed by atoms with van der Waals surface area (Å²) in [6.45, 7) is 4.31. The number of para-hydroxylation sites is 1. The molecule has 3 rings (SSSR count). The van der Waals surface area contributed by atoms with E-state index in [1.54, 1.807) is 11.5 Å². The predicted molar refractivity (Wildman–Crippen MR) is 126 cm³/mol. The third-order valence-corrected chi connectivity index (χ3v) is 5.34. The SMILES string of the molecule is CCOc1ccc(-c2n[nH]c(=S)n2CCC(=O)N(CC)CC(=O)Nc2c(F)cccc2F)cc1. The molecule has 0 saturated carbocycles. The molecule has 2 amide bonds. The van der Waals surface area contributed by atoms with Crippen molar-refractivity contribution in [3.8, 4) is 17.1 Å². The number of carbonyl (C=O) groups excluding carboxylic acids is 2. The van der Waals surface area contributed by atoms with Gasteiger partial charge in [0.1, 0.15) is 23.1 Å². The Kier molecular flexibility index (Phi) is 8.47. The van der Waals surface area contributed by atoms with Crippen LogP contribution in [0.2, 0.25) is 0 Å². The molecule has 0 spiro atoms. The molecule has 1 heterocycles. The first-order valence-corrected chi connectivity index (χ1v) is 11.1. The van der Waals surface area contributed by atoms with Crippen LogP contribution in [0, 0.1) is 16.4 Å². The molecule has 1 aromatic heterocycles. The molecule has 0 radical (unpaired) electrons. The van der Waals surface area contributed by atoms with Gasteiger partial charge in [-0.15, -0.1) is 0 Å². The summed E-state index contributed by atoms with van der Waals surface area (Å²) in [7, 11) is 0. The number of hydrogen-bond donors (Lipinski definition) is 2. The third-order valence-electron chi connectivity index (χ3n) is 5.03. The summed E-state index contributed by atoms with van der Waals surface area (Å²) in [6.07, 6.45) is 0.0487. The van der Waals surface area contributed by atoms with Gasteiger partial charge in [-0.2, -0.15) is 5.10 Å². The number of nitrogens with one attached hydrogen (secondary N) is 2. The number of nitrogens with zero attached hydrogens (tertiary/aromatic N) is 3. The summed E-state index contributed by atoms with van der Waals surface area (Å²) in [6, 6.07) is 10.6. The van der Waals surface area contributed by atoms with Crippen LogP contribution in [-0.2, 0) is 16.1 Å². The predicted octanol–water partition coefficient (Wildman–Crippen LogP) is 4.16. The number of halogens is 2. The standard InChI is InChI=1S/C23H25F2N5O3S/c1-3-29(14-19(31)26-21-17(24)6-5-7-18(21)25)20(32)12-13-30-22(27-28-23(30)34)15-8-10-16(11-9-15)33-4-2/h5-11H,3-4,12-14H2,1-2H3,(H,26,31)(H,28,34). The monoisotopic (exact) mass is 489 g/mol. The zero-order valence-electron chi connectivity index (χ0n) is 18.8. The van der Waals surface area contributed by atoms with E-state index in [9.17, 15) is 18.4 Å². The minimum Gasteiger partial charge on any atom is -0.494 e. The van der Waals surface area contributed by atoms with E-state index in [0.717, 1.165) is 23.4 Å². The zero-order valence-corrected chi connectivity index (χ0v) is 19.6. The number of rotatable bonds is 10. The number of aromatic amines is 1. The highest BCUT2D eigenvalue weighted by atomic mass is 32.1. The van der Waals surface area contributed by atoms with E-state index in [1.165, 1.54) is 11.0 Å². The lowest BCUT2D eigenvalue weighted by atomic mass is 10.2. The number of likely N-dealkylation sites (N-methyl/N-ethyl adjacent to an activating group) is 1. The number of H-pyrrole nitrogens is 1. The molecule has 0 atom stereocenters. The van der Waals surface area contributed by atoms with Crippen LogP contribution < -0.4 is 10.1 Å². The van der Waals surface area contributed by atoms with Crippen molar-refractivity contribution in [3.05, 3.63) is 58.9 Å². The zero-order chi connectivity index (χ0) is 24.7. The first-order valence-electron chi connectivity index (χ1n) is 10.7. The van der Waals surface area contributed by atoms with Gasteiger partial charge in [0.25, 0.3) is 0 Å². The molecule has 3 aromatic rings. The Morgan fingerprint density at radius 1 is 1.15 bits per heavy atom. The van der Waals surface area contributed by atoms with Crippen molar-refractivity contribution in [2.75, 3.05) is 25.0 Å². The molecule has 34 heavy (non-hydrogen) atoms. The minimum absolute atomic E-state index is 0.0487. The van der Waals surface area contributed by atoms with Crippen LogP contribution in [0.15, 0.2) is 42.5 Å². The Hall–Kier alpha value is -3.60. The average Bonchev–Trinajstić information content (AvgIpc) is 3.19. The molecule has 180 valence electrons. The van der Waals surface area contributed by atoms with Gasteiger partial charge in [-0.3, -0.25) is 19.3 Å². The second-order valence-electron chi connectivity index (χ2n) is 7.26. The number of hydrogen-bond acceptors (Lipinski definition) is 5. The van der Waals surface area contributed by atoms with Crippen LogP contribution >= 0.6 is 12.2 Å². The highest BCUT2D eigenvalue weighted by Crippen LogP contribution is 2.22. The Morgan fingerprint density at radius 3 is 2.44 bits per heavy atom. The van der Waals surface area contributed by atoms with E-state index in [2.05, 4.69) is 15.5 Å². The van der Waals surface area contributed by atoms with Crippen molar-refractivity contribution in [1.29, 1.82) is 0 Å². The van der Waals surface area contributed by atoms with Gasteiger partial charge in [0.2, 0.25) is 11.8 Å². The summed E-state index contributed by atoms with van der Waals surface area (Å²) in [4.78, 5) is 26.4. The van der Waals surface area contributed by atoms with Crippen molar-refractivity contribution in [1.82, 2.24) is 19.7 Å². The first-order chi connectivity index (χ1) is 16.3. The van der Waals surface area contributed by atoms with Crippen LogP contribution in [0.5, 0.6) is 5.75 Å². The Morgan fingerprint density at radius 2 is 1.82 bits per heavy atom. The topological polar surface area (TPSA) is 92.2 Å². The third kappa shape index (κ3) is 6.04.